The minimum atomic E-state index is -1.18. The number of hydrogen-bond donors (Lipinski definition) is 2. The summed E-state index contributed by atoms with van der Waals surface area (Å²) in [7, 11) is -1.18. The molecule has 3 rings (SSSR count). The third-order valence-electron chi connectivity index (χ3n) is 4.52. The molecule has 0 aliphatic rings. The van der Waals surface area contributed by atoms with E-state index < -0.39 is 8.07 Å². The Bertz CT molecular complexity index is 1060. The van der Waals surface area contributed by atoms with Crippen molar-refractivity contribution in [3.05, 3.63) is 29.8 Å². The van der Waals surface area contributed by atoms with E-state index in [0.717, 1.165) is 39.6 Å². The number of nitrogens with one attached hydrogen (secondary N) is 1. The fourth-order valence-corrected chi connectivity index (χ4v) is 5.10. The Morgan fingerprint density at radius 1 is 1.35 bits per heavy atom. The molecule has 0 aliphatic heterocycles. The number of amides is 1. The first-order chi connectivity index (χ1) is 14.7. The van der Waals surface area contributed by atoms with Gasteiger partial charge >= 0.3 is 0 Å². The molecule has 0 aliphatic carbocycles. The van der Waals surface area contributed by atoms with Crippen molar-refractivity contribution in [2.45, 2.75) is 44.5 Å². The van der Waals surface area contributed by atoms with Gasteiger partial charge in [0.2, 0.25) is 5.91 Å². The summed E-state index contributed by atoms with van der Waals surface area (Å²) in [4.78, 5) is 21.7. The van der Waals surface area contributed by atoms with Gasteiger partial charge in [-0.3, -0.25) is 9.36 Å². The number of anilines is 2. The summed E-state index contributed by atoms with van der Waals surface area (Å²) in [6, 6.07) is 6.82. The number of ether oxygens (including phenoxy) is 1. The Hall–Kier alpha value is -2.14. The Morgan fingerprint density at radius 2 is 2.13 bits per heavy atom. The number of imidazole rings is 1. The van der Waals surface area contributed by atoms with Gasteiger partial charge in [-0.15, -0.1) is 11.3 Å². The monoisotopic (exact) mass is 475 g/mol. The van der Waals surface area contributed by atoms with Crippen LogP contribution in [0.15, 0.2) is 34.9 Å². The maximum Gasteiger partial charge on any atom is 0.222 e. The van der Waals surface area contributed by atoms with Gasteiger partial charge in [0.05, 0.1) is 10.6 Å². The lowest BCUT2D eigenvalue weighted by Crippen LogP contribution is -2.22. The van der Waals surface area contributed by atoms with Gasteiger partial charge in [-0.2, -0.15) is 0 Å². The molecule has 31 heavy (non-hydrogen) atoms. The van der Waals surface area contributed by atoms with Crippen molar-refractivity contribution in [3.63, 3.8) is 0 Å². The zero-order chi connectivity index (χ0) is 22.6. The highest BCUT2D eigenvalue weighted by atomic mass is 32.2. The molecule has 3 aromatic heterocycles. The summed E-state index contributed by atoms with van der Waals surface area (Å²) in [5.41, 5.74) is 9.38. The molecule has 0 atom stereocenters. The number of rotatable bonds is 9. The summed E-state index contributed by atoms with van der Waals surface area (Å²) in [5.74, 6) is 0.337. The summed E-state index contributed by atoms with van der Waals surface area (Å²) >= 11 is 3.13. The molecule has 3 heterocycles. The number of nitrogens with zero attached hydrogens (tertiary/aromatic N) is 3. The van der Waals surface area contributed by atoms with Gasteiger partial charge in [0, 0.05) is 44.4 Å². The van der Waals surface area contributed by atoms with Gasteiger partial charge in [-0.1, -0.05) is 31.4 Å². The number of hydrogen-bond acceptors (Lipinski definition) is 7. The number of thiophene rings is 1. The average molecular weight is 476 g/mol. The van der Waals surface area contributed by atoms with Crippen LogP contribution in [0.4, 0.5) is 11.5 Å². The topological polar surface area (TPSA) is 95.1 Å². The molecule has 0 spiro atoms. The number of thioether (sulfide) groups is 1. The van der Waals surface area contributed by atoms with Crippen LogP contribution in [0, 0.1) is 0 Å². The van der Waals surface area contributed by atoms with E-state index in [2.05, 4.69) is 34.5 Å². The van der Waals surface area contributed by atoms with Crippen LogP contribution in [0.2, 0.25) is 25.7 Å². The molecule has 7 nitrogen and oxygen atoms in total. The molecular weight excluding hydrogens is 446 g/mol. The highest BCUT2D eigenvalue weighted by Gasteiger charge is 2.22. The van der Waals surface area contributed by atoms with E-state index in [9.17, 15) is 4.79 Å². The van der Waals surface area contributed by atoms with E-state index in [1.165, 1.54) is 6.92 Å². The molecule has 0 bridgehead atoms. The highest BCUT2D eigenvalue weighted by molar-refractivity contribution is 7.98. The zero-order valence-electron chi connectivity index (χ0n) is 18.6. The van der Waals surface area contributed by atoms with Gasteiger partial charge in [0.15, 0.2) is 5.16 Å². The first-order valence-corrected chi connectivity index (χ1v) is 15.8. The maximum atomic E-state index is 11.5. The second kappa shape index (κ2) is 9.99. The van der Waals surface area contributed by atoms with Crippen molar-refractivity contribution in [2.75, 3.05) is 23.9 Å². The van der Waals surface area contributed by atoms with E-state index in [1.807, 2.05) is 29.8 Å². The second-order valence-electron chi connectivity index (χ2n) is 8.43. The van der Waals surface area contributed by atoms with E-state index >= 15 is 0 Å². The van der Waals surface area contributed by atoms with Crippen LogP contribution >= 0.6 is 23.1 Å². The van der Waals surface area contributed by atoms with E-state index in [-0.39, 0.29) is 5.91 Å². The number of nitrogens with two attached hydrogens (primary N) is 1. The van der Waals surface area contributed by atoms with Crippen molar-refractivity contribution >= 4 is 48.6 Å². The second-order valence-corrected chi connectivity index (χ2v) is 15.7. The minimum absolute atomic E-state index is 0.163. The number of carbonyl (C=O) groups is 1. The lowest BCUT2D eigenvalue weighted by Gasteiger charge is -2.17. The molecule has 0 saturated carbocycles. The molecule has 1 amide bonds. The van der Waals surface area contributed by atoms with E-state index in [1.54, 1.807) is 29.3 Å². The first kappa shape index (κ1) is 23.5. The van der Waals surface area contributed by atoms with Gasteiger partial charge in [-0.05, 0) is 30.5 Å². The van der Waals surface area contributed by atoms with Crippen LogP contribution in [-0.2, 0) is 16.3 Å². The lowest BCUT2D eigenvalue weighted by atomic mass is 10.1. The summed E-state index contributed by atoms with van der Waals surface area (Å²) in [6.45, 7) is 9.61. The Labute approximate surface area is 192 Å². The molecule has 0 saturated heterocycles. The fraction of sp³-hybridized carbons (Fsp3) is 0.381. The summed E-state index contributed by atoms with van der Waals surface area (Å²) in [5, 5.41) is 5.54. The molecule has 166 valence electrons. The van der Waals surface area contributed by atoms with Crippen molar-refractivity contribution < 1.29 is 9.53 Å². The Kier molecular flexibility index (Phi) is 7.58. The molecule has 3 aromatic rings. The van der Waals surface area contributed by atoms with Crippen molar-refractivity contribution in [1.82, 2.24) is 14.5 Å². The van der Waals surface area contributed by atoms with Gasteiger partial charge in [-0.25, -0.2) is 9.97 Å². The quantitative estimate of drug-likeness (QED) is 0.249. The molecular formula is C21H29N5O2S2Si. The normalized spacial score (nSPS) is 11.6. The van der Waals surface area contributed by atoms with Gasteiger partial charge in [0.25, 0.3) is 0 Å². The number of nitrogen functional groups attached to an aromatic ring is 1. The fourth-order valence-electron chi connectivity index (χ4n) is 3.01. The SMILES string of the molecule is CSc1nc(-c2cc(N)cs2)c(-c2ccnc(NC(C)=O)c2)n1COCC[Si](C)(C)C. The molecule has 0 fully saturated rings. The molecule has 0 radical (unpaired) electrons. The van der Waals surface area contributed by atoms with Crippen LogP contribution in [0.25, 0.3) is 21.8 Å². The maximum absolute atomic E-state index is 11.5. The Balaban J connectivity index is 2.05. The van der Waals surface area contributed by atoms with Crippen LogP contribution in [-0.4, -0.2) is 41.4 Å². The number of pyridine rings is 1. The minimum Gasteiger partial charge on any atom is -0.398 e. The summed E-state index contributed by atoms with van der Waals surface area (Å²) in [6.07, 6.45) is 3.70. The highest BCUT2D eigenvalue weighted by Crippen LogP contribution is 2.39. The predicted octanol–water partition coefficient (Wildman–Crippen LogP) is 5.25. The molecule has 10 heteroatoms. The van der Waals surface area contributed by atoms with Gasteiger partial charge in [0.1, 0.15) is 18.2 Å². The van der Waals surface area contributed by atoms with E-state index in [4.69, 9.17) is 15.5 Å². The van der Waals surface area contributed by atoms with Crippen molar-refractivity contribution in [1.29, 1.82) is 0 Å². The lowest BCUT2D eigenvalue weighted by molar-refractivity contribution is -0.114. The zero-order valence-corrected chi connectivity index (χ0v) is 21.2. The molecule has 0 aromatic carbocycles. The molecule has 0 unspecified atom stereocenters. The average Bonchev–Trinajstić information content (AvgIpc) is 3.27. The standard InChI is InChI=1S/C21H29N5O2S2Si/c1-14(27)24-18-10-15(6-7-23-18)20-19(17-11-16(22)12-30-17)25-21(29-2)26(20)13-28-8-9-31(3,4)5/h6-7,10-12H,8-9,13,22H2,1-5H3,(H,23,24,27). The number of carbonyl (C=O) groups excluding carboxylic acids is 1. The summed E-state index contributed by atoms with van der Waals surface area (Å²) < 4.78 is 8.18. The van der Waals surface area contributed by atoms with E-state index in [0.29, 0.717) is 18.2 Å². The predicted molar refractivity (Wildman–Crippen MR) is 133 cm³/mol. The van der Waals surface area contributed by atoms with Crippen molar-refractivity contribution in [3.8, 4) is 21.8 Å². The van der Waals surface area contributed by atoms with Crippen LogP contribution < -0.4 is 11.1 Å². The number of aromatic nitrogens is 3. The smallest absolute Gasteiger partial charge is 0.222 e. The largest absolute Gasteiger partial charge is 0.398 e. The van der Waals surface area contributed by atoms with Gasteiger partial charge < -0.3 is 15.8 Å². The van der Waals surface area contributed by atoms with Crippen LogP contribution in [0.3, 0.4) is 0 Å². The third-order valence-corrected chi connectivity index (χ3v) is 7.86. The Morgan fingerprint density at radius 3 is 2.74 bits per heavy atom. The first-order valence-electron chi connectivity index (χ1n) is 9.98. The van der Waals surface area contributed by atoms with Crippen molar-refractivity contribution in [2.24, 2.45) is 0 Å². The van der Waals surface area contributed by atoms with Crippen LogP contribution in [0.5, 0.6) is 0 Å². The molecule has 3 N–H and O–H groups in total. The van der Waals surface area contributed by atoms with Crippen LogP contribution in [0.1, 0.15) is 6.92 Å². The third kappa shape index (κ3) is 6.19.